The van der Waals surface area contributed by atoms with Gasteiger partial charge in [-0.05, 0) is 55.3 Å². The molecule has 158 valence electrons. The summed E-state index contributed by atoms with van der Waals surface area (Å²) >= 11 is 6.77. The molecule has 0 unspecified atom stereocenters. The van der Waals surface area contributed by atoms with Gasteiger partial charge in [-0.15, -0.1) is 0 Å². The highest BCUT2D eigenvalue weighted by molar-refractivity contribution is 8.26. The maximum atomic E-state index is 12.9. The lowest BCUT2D eigenvalue weighted by atomic mass is 10.0. The van der Waals surface area contributed by atoms with Gasteiger partial charge in [-0.3, -0.25) is 9.69 Å². The monoisotopic (exact) mass is 449 g/mol. The largest absolute Gasteiger partial charge is 0.496 e. The first kappa shape index (κ1) is 21.3. The second-order valence-electron chi connectivity index (χ2n) is 7.23. The number of rotatable bonds is 6. The van der Waals surface area contributed by atoms with Crippen molar-refractivity contribution in [1.82, 2.24) is 14.7 Å². The molecule has 5 nitrogen and oxygen atoms in total. The zero-order valence-electron chi connectivity index (χ0n) is 17.7. The Labute approximate surface area is 191 Å². The molecule has 1 aliphatic heterocycles. The average Bonchev–Trinajstić information content (AvgIpc) is 3.31. The van der Waals surface area contributed by atoms with E-state index in [0.29, 0.717) is 15.8 Å². The number of aryl methyl sites for hydroxylation is 1. The number of benzene rings is 2. The van der Waals surface area contributed by atoms with E-state index in [-0.39, 0.29) is 5.91 Å². The topological polar surface area (TPSA) is 47.4 Å². The maximum Gasteiger partial charge on any atom is 0.266 e. The van der Waals surface area contributed by atoms with Gasteiger partial charge in [0.25, 0.3) is 5.91 Å². The maximum absolute atomic E-state index is 12.9. The number of hydrogen-bond acceptors (Lipinski definition) is 5. The van der Waals surface area contributed by atoms with Gasteiger partial charge in [-0.25, -0.2) is 4.68 Å². The van der Waals surface area contributed by atoms with Crippen molar-refractivity contribution in [3.05, 3.63) is 70.8 Å². The van der Waals surface area contributed by atoms with Crippen molar-refractivity contribution < 1.29 is 9.53 Å². The number of aromatic nitrogens is 2. The van der Waals surface area contributed by atoms with Gasteiger partial charge in [0.05, 0.1) is 17.7 Å². The van der Waals surface area contributed by atoms with Gasteiger partial charge < -0.3 is 4.74 Å². The van der Waals surface area contributed by atoms with Crippen LogP contribution in [0.4, 0.5) is 0 Å². The third-order valence-corrected chi connectivity index (χ3v) is 6.42. The number of amides is 1. The Hall–Kier alpha value is -2.90. The van der Waals surface area contributed by atoms with Crippen LogP contribution in [0, 0.1) is 6.92 Å². The summed E-state index contributed by atoms with van der Waals surface area (Å²) in [4.78, 5) is 15.2. The molecular weight excluding hydrogens is 426 g/mol. The smallest absolute Gasteiger partial charge is 0.266 e. The minimum atomic E-state index is -0.0406. The summed E-state index contributed by atoms with van der Waals surface area (Å²) in [5.74, 6) is 0.786. The predicted octanol–water partition coefficient (Wildman–Crippen LogP) is 5.47. The van der Waals surface area contributed by atoms with E-state index in [4.69, 9.17) is 22.1 Å². The van der Waals surface area contributed by atoms with Crippen molar-refractivity contribution in [3.63, 3.8) is 0 Å². The standard InChI is InChI=1S/C24H23N3O2S2/c1-4-12-26-23(28)21(31-24(26)30)14-18-15-27(19-8-6-5-7-9-19)25-22(18)17-10-11-20(29-3)16(2)13-17/h5-11,13-15H,4,12H2,1-3H3/b21-14-. The van der Waals surface area contributed by atoms with E-state index in [1.807, 2.05) is 73.3 Å². The van der Waals surface area contributed by atoms with Crippen molar-refractivity contribution in [2.75, 3.05) is 13.7 Å². The minimum Gasteiger partial charge on any atom is -0.496 e. The molecule has 3 aromatic rings. The Morgan fingerprint density at radius 1 is 1.19 bits per heavy atom. The third-order valence-electron chi connectivity index (χ3n) is 5.04. The molecule has 1 amide bonds. The van der Waals surface area contributed by atoms with E-state index in [1.54, 1.807) is 12.0 Å². The first-order chi connectivity index (χ1) is 15.0. The number of carbonyl (C=O) groups excluding carboxylic acids is 1. The molecule has 7 heteroatoms. The Bertz CT molecular complexity index is 1170. The number of nitrogens with zero attached hydrogens (tertiary/aromatic N) is 3. The van der Waals surface area contributed by atoms with Crippen LogP contribution in [0.25, 0.3) is 23.0 Å². The van der Waals surface area contributed by atoms with Gasteiger partial charge in [0.15, 0.2) is 0 Å². The fraction of sp³-hybridized carbons (Fsp3) is 0.208. The molecule has 1 aromatic heterocycles. The van der Waals surface area contributed by atoms with E-state index in [0.717, 1.165) is 40.2 Å². The lowest BCUT2D eigenvalue weighted by Gasteiger charge is -2.11. The van der Waals surface area contributed by atoms with Gasteiger partial charge in [-0.2, -0.15) is 5.10 Å². The Morgan fingerprint density at radius 3 is 2.65 bits per heavy atom. The van der Waals surface area contributed by atoms with Crippen molar-refractivity contribution in [3.8, 4) is 22.7 Å². The lowest BCUT2D eigenvalue weighted by molar-refractivity contribution is -0.122. The second-order valence-corrected chi connectivity index (χ2v) is 8.91. The van der Waals surface area contributed by atoms with Gasteiger partial charge in [0, 0.05) is 23.9 Å². The predicted molar refractivity (Wildman–Crippen MR) is 130 cm³/mol. The molecule has 2 aromatic carbocycles. The van der Waals surface area contributed by atoms with Gasteiger partial charge in [0.1, 0.15) is 15.8 Å². The van der Waals surface area contributed by atoms with Crippen molar-refractivity contribution >= 4 is 40.3 Å². The van der Waals surface area contributed by atoms with E-state index in [2.05, 4.69) is 6.07 Å². The number of hydrogen-bond donors (Lipinski definition) is 0. The number of thioether (sulfide) groups is 1. The SMILES string of the molecule is CCCN1C(=O)/C(=C/c2cn(-c3ccccc3)nc2-c2ccc(OC)c(C)c2)SC1=S. The highest BCUT2D eigenvalue weighted by atomic mass is 32.2. The first-order valence-corrected chi connectivity index (χ1v) is 11.3. The van der Waals surface area contributed by atoms with Gasteiger partial charge in [0.2, 0.25) is 0 Å². The molecule has 0 spiro atoms. The highest BCUT2D eigenvalue weighted by Gasteiger charge is 2.31. The minimum absolute atomic E-state index is 0.0406. The number of para-hydroxylation sites is 1. The molecule has 1 aliphatic rings. The molecule has 0 atom stereocenters. The molecule has 0 saturated carbocycles. The molecule has 0 aliphatic carbocycles. The summed E-state index contributed by atoms with van der Waals surface area (Å²) in [5.41, 5.74) is 4.60. The van der Waals surface area contributed by atoms with E-state index in [9.17, 15) is 4.79 Å². The van der Waals surface area contributed by atoms with Gasteiger partial charge >= 0.3 is 0 Å². The number of thiocarbonyl (C=S) groups is 1. The lowest BCUT2D eigenvalue weighted by Crippen LogP contribution is -2.28. The van der Waals surface area contributed by atoms with Gasteiger partial charge in [-0.1, -0.05) is 49.1 Å². The Kier molecular flexibility index (Phi) is 6.25. The van der Waals surface area contributed by atoms with Crippen LogP contribution < -0.4 is 4.74 Å². The van der Waals surface area contributed by atoms with Crippen LogP contribution in [0.5, 0.6) is 5.75 Å². The van der Waals surface area contributed by atoms with Crippen molar-refractivity contribution in [2.45, 2.75) is 20.3 Å². The van der Waals surface area contributed by atoms with Crippen LogP contribution in [0.2, 0.25) is 0 Å². The number of ether oxygens (including phenoxy) is 1. The number of carbonyl (C=O) groups is 1. The zero-order chi connectivity index (χ0) is 22.0. The van der Waals surface area contributed by atoms with E-state index < -0.39 is 0 Å². The van der Waals surface area contributed by atoms with E-state index in [1.165, 1.54) is 11.8 Å². The molecule has 1 saturated heterocycles. The second kappa shape index (κ2) is 9.08. The van der Waals surface area contributed by atoms with E-state index >= 15 is 0 Å². The summed E-state index contributed by atoms with van der Waals surface area (Å²) in [6, 6.07) is 15.9. The molecule has 1 fully saturated rings. The fourth-order valence-electron chi connectivity index (χ4n) is 3.51. The summed E-state index contributed by atoms with van der Waals surface area (Å²) in [6.45, 7) is 4.68. The molecule has 4 rings (SSSR count). The summed E-state index contributed by atoms with van der Waals surface area (Å²) in [5, 5.41) is 4.85. The van der Waals surface area contributed by atoms with Crippen LogP contribution in [-0.2, 0) is 4.79 Å². The molecule has 31 heavy (non-hydrogen) atoms. The highest BCUT2D eigenvalue weighted by Crippen LogP contribution is 2.35. The fourth-order valence-corrected chi connectivity index (χ4v) is 4.81. The molecule has 0 radical (unpaired) electrons. The van der Waals surface area contributed by atoms with Crippen LogP contribution >= 0.6 is 24.0 Å². The summed E-state index contributed by atoms with van der Waals surface area (Å²) in [7, 11) is 1.66. The summed E-state index contributed by atoms with van der Waals surface area (Å²) < 4.78 is 7.85. The van der Waals surface area contributed by atoms with Crippen LogP contribution in [-0.4, -0.2) is 38.6 Å². The van der Waals surface area contributed by atoms with Crippen LogP contribution in [0.1, 0.15) is 24.5 Å². The Morgan fingerprint density at radius 2 is 1.97 bits per heavy atom. The third kappa shape index (κ3) is 4.29. The Balaban J connectivity index is 1.81. The quantitative estimate of drug-likeness (QED) is 0.369. The van der Waals surface area contributed by atoms with Crippen LogP contribution in [0.3, 0.4) is 0 Å². The van der Waals surface area contributed by atoms with Crippen molar-refractivity contribution in [1.29, 1.82) is 0 Å². The normalized spacial score (nSPS) is 15.2. The molecule has 2 heterocycles. The summed E-state index contributed by atoms with van der Waals surface area (Å²) in [6.07, 6.45) is 4.72. The van der Waals surface area contributed by atoms with Crippen LogP contribution in [0.15, 0.2) is 59.6 Å². The first-order valence-electron chi connectivity index (χ1n) is 10.1. The molecule has 0 N–H and O–H groups in total. The molecular formula is C24H23N3O2S2. The molecule has 0 bridgehead atoms. The number of methoxy groups -OCH3 is 1. The zero-order valence-corrected chi connectivity index (χ0v) is 19.3. The average molecular weight is 450 g/mol. The van der Waals surface area contributed by atoms with Crippen molar-refractivity contribution in [2.24, 2.45) is 0 Å².